The molecule has 11 heteroatoms. The summed E-state index contributed by atoms with van der Waals surface area (Å²) in [7, 11) is 1.46. The van der Waals surface area contributed by atoms with Crippen molar-refractivity contribution in [3.63, 3.8) is 0 Å². The molecule has 0 radical (unpaired) electrons. The SMILES string of the molecule is COc1cc(C(C(=O)N2CCN(C(=O)OC(C)(C)C)CC2)C2(O)CCCCC2)ccc1OCc1ccc(C(F)(F)F)cc1. The van der Waals surface area contributed by atoms with Gasteiger partial charge in [0.15, 0.2) is 11.5 Å². The van der Waals surface area contributed by atoms with Gasteiger partial charge >= 0.3 is 12.3 Å². The van der Waals surface area contributed by atoms with E-state index in [1.165, 1.54) is 19.2 Å². The van der Waals surface area contributed by atoms with Gasteiger partial charge in [-0.15, -0.1) is 0 Å². The number of hydrogen-bond donors (Lipinski definition) is 1. The van der Waals surface area contributed by atoms with Crippen molar-refractivity contribution in [1.82, 2.24) is 9.80 Å². The molecule has 1 N–H and O–H groups in total. The van der Waals surface area contributed by atoms with Crippen LogP contribution in [0.2, 0.25) is 0 Å². The van der Waals surface area contributed by atoms with Gasteiger partial charge in [-0.25, -0.2) is 4.79 Å². The van der Waals surface area contributed by atoms with Gasteiger partial charge in [0, 0.05) is 26.2 Å². The molecule has 1 saturated heterocycles. The summed E-state index contributed by atoms with van der Waals surface area (Å²) >= 11 is 0. The van der Waals surface area contributed by atoms with Gasteiger partial charge in [0.05, 0.1) is 24.2 Å². The van der Waals surface area contributed by atoms with Gasteiger partial charge in [0.25, 0.3) is 0 Å². The number of alkyl halides is 3. The highest BCUT2D eigenvalue weighted by Crippen LogP contribution is 2.43. The molecule has 1 aliphatic heterocycles. The molecule has 1 aliphatic carbocycles. The molecule has 1 heterocycles. The Bertz CT molecular complexity index is 1260. The molecule has 2 aromatic rings. The molecule has 236 valence electrons. The number of benzene rings is 2. The average molecular weight is 607 g/mol. The van der Waals surface area contributed by atoms with E-state index in [0.717, 1.165) is 31.4 Å². The van der Waals surface area contributed by atoms with Gasteiger partial charge in [-0.2, -0.15) is 13.2 Å². The maximum Gasteiger partial charge on any atom is 0.416 e. The number of carbonyl (C=O) groups excluding carboxylic acids is 2. The number of piperazine rings is 1. The smallest absolute Gasteiger partial charge is 0.416 e. The van der Waals surface area contributed by atoms with Crippen molar-refractivity contribution >= 4 is 12.0 Å². The molecule has 0 spiro atoms. The van der Waals surface area contributed by atoms with E-state index >= 15 is 0 Å². The van der Waals surface area contributed by atoms with Crippen LogP contribution in [-0.4, -0.2) is 71.4 Å². The fourth-order valence-electron chi connectivity index (χ4n) is 5.69. The Kier molecular flexibility index (Phi) is 9.83. The van der Waals surface area contributed by atoms with Gasteiger partial charge in [-0.05, 0) is 69.0 Å². The van der Waals surface area contributed by atoms with E-state index in [1.54, 1.807) is 48.8 Å². The van der Waals surface area contributed by atoms with Crippen LogP contribution >= 0.6 is 0 Å². The predicted octanol–water partition coefficient (Wildman–Crippen LogP) is 6.15. The van der Waals surface area contributed by atoms with Crippen molar-refractivity contribution in [2.45, 2.75) is 82.8 Å². The zero-order chi connectivity index (χ0) is 31.4. The number of halogens is 3. The van der Waals surface area contributed by atoms with Crippen LogP contribution in [0.15, 0.2) is 42.5 Å². The summed E-state index contributed by atoms with van der Waals surface area (Å²) in [6, 6.07) is 9.82. The van der Waals surface area contributed by atoms with Crippen LogP contribution in [0, 0.1) is 0 Å². The lowest BCUT2D eigenvalue weighted by atomic mass is 9.72. The van der Waals surface area contributed by atoms with Crippen molar-refractivity contribution in [2.24, 2.45) is 0 Å². The monoisotopic (exact) mass is 606 g/mol. The number of carbonyl (C=O) groups is 2. The average Bonchev–Trinajstić information content (AvgIpc) is 2.95. The molecule has 43 heavy (non-hydrogen) atoms. The molecular formula is C32H41F3N2O6. The normalized spacial score (nSPS) is 18.1. The highest BCUT2D eigenvalue weighted by Gasteiger charge is 2.45. The molecule has 8 nitrogen and oxygen atoms in total. The molecule has 1 atom stereocenters. The fourth-order valence-corrected chi connectivity index (χ4v) is 5.69. The number of nitrogens with zero attached hydrogens (tertiary/aromatic N) is 2. The van der Waals surface area contributed by atoms with Crippen molar-refractivity contribution in [1.29, 1.82) is 0 Å². The van der Waals surface area contributed by atoms with Gasteiger partial charge in [0.1, 0.15) is 12.2 Å². The molecule has 1 unspecified atom stereocenters. The molecule has 2 aliphatic rings. The maximum absolute atomic E-state index is 14.1. The van der Waals surface area contributed by atoms with Crippen LogP contribution in [0.5, 0.6) is 11.5 Å². The van der Waals surface area contributed by atoms with E-state index in [1.807, 2.05) is 0 Å². The summed E-state index contributed by atoms with van der Waals surface area (Å²) in [5.74, 6) is -0.359. The first-order valence-electron chi connectivity index (χ1n) is 14.7. The predicted molar refractivity (Wildman–Crippen MR) is 154 cm³/mol. The minimum absolute atomic E-state index is 0.0159. The Labute approximate surface area is 250 Å². The zero-order valence-electron chi connectivity index (χ0n) is 25.2. The molecule has 0 aromatic heterocycles. The van der Waals surface area contributed by atoms with Crippen molar-refractivity contribution < 1.29 is 42.1 Å². The van der Waals surface area contributed by atoms with E-state index in [4.69, 9.17) is 14.2 Å². The summed E-state index contributed by atoms with van der Waals surface area (Å²) in [6.45, 7) is 6.71. The second-order valence-electron chi connectivity index (χ2n) is 12.3. The van der Waals surface area contributed by atoms with Gasteiger partial charge in [-0.1, -0.05) is 37.5 Å². The Morgan fingerprint density at radius 1 is 0.907 bits per heavy atom. The third-order valence-corrected chi connectivity index (χ3v) is 7.94. The number of amides is 2. The molecule has 0 bridgehead atoms. The van der Waals surface area contributed by atoms with Crippen molar-refractivity contribution in [3.8, 4) is 11.5 Å². The first-order chi connectivity index (χ1) is 20.2. The minimum Gasteiger partial charge on any atom is -0.493 e. The number of methoxy groups -OCH3 is 1. The first kappa shape index (κ1) is 32.4. The number of ether oxygens (including phenoxy) is 3. The highest BCUT2D eigenvalue weighted by atomic mass is 19.4. The van der Waals surface area contributed by atoms with Crippen LogP contribution < -0.4 is 9.47 Å². The number of rotatable bonds is 7. The third-order valence-electron chi connectivity index (χ3n) is 7.94. The molecule has 2 aromatic carbocycles. The summed E-state index contributed by atoms with van der Waals surface area (Å²) in [5.41, 5.74) is -1.46. The maximum atomic E-state index is 14.1. The summed E-state index contributed by atoms with van der Waals surface area (Å²) in [4.78, 5) is 29.9. The Morgan fingerprint density at radius 3 is 2.07 bits per heavy atom. The third kappa shape index (κ3) is 8.13. The van der Waals surface area contributed by atoms with Crippen molar-refractivity contribution in [2.75, 3.05) is 33.3 Å². The van der Waals surface area contributed by atoms with E-state index in [0.29, 0.717) is 61.6 Å². The molecule has 2 fully saturated rings. The van der Waals surface area contributed by atoms with E-state index in [2.05, 4.69) is 0 Å². The summed E-state index contributed by atoms with van der Waals surface area (Å²) in [6.07, 6.45) is -1.28. The second-order valence-corrected chi connectivity index (χ2v) is 12.3. The summed E-state index contributed by atoms with van der Waals surface area (Å²) < 4.78 is 55.6. The minimum atomic E-state index is -4.42. The van der Waals surface area contributed by atoms with Crippen LogP contribution in [0.25, 0.3) is 0 Å². The van der Waals surface area contributed by atoms with Crippen LogP contribution in [0.4, 0.5) is 18.0 Å². The van der Waals surface area contributed by atoms with Crippen molar-refractivity contribution in [3.05, 3.63) is 59.2 Å². The highest BCUT2D eigenvalue weighted by molar-refractivity contribution is 5.86. The molecule has 2 amide bonds. The Balaban J connectivity index is 1.52. The number of hydrogen-bond acceptors (Lipinski definition) is 6. The second kappa shape index (κ2) is 13.0. The fraction of sp³-hybridized carbons (Fsp3) is 0.562. The molecule has 4 rings (SSSR count). The van der Waals surface area contributed by atoms with E-state index < -0.39 is 35.0 Å². The van der Waals surface area contributed by atoms with E-state index in [-0.39, 0.29) is 12.5 Å². The zero-order valence-corrected chi connectivity index (χ0v) is 25.2. The molecular weight excluding hydrogens is 565 g/mol. The van der Waals surface area contributed by atoms with Crippen LogP contribution in [0.1, 0.15) is 75.5 Å². The largest absolute Gasteiger partial charge is 0.493 e. The molecule has 1 saturated carbocycles. The van der Waals surface area contributed by atoms with Gasteiger partial charge < -0.3 is 29.1 Å². The Hall–Kier alpha value is -3.47. The lowest BCUT2D eigenvalue weighted by molar-refractivity contribution is -0.143. The summed E-state index contributed by atoms with van der Waals surface area (Å²) in [5, 5.41) is 11.8. The van der Waals surface area contributed by atoms with E-state index in [9.17, 15) is 27.9 Å². The standard InChI is InChI=1S/C32H41F3N2O6/c1-30(2,3)43-29(39)37-18-16-36(17-19-37)28(38)27(31(40)14-6-5-7-15-31)23-10-13-25(26(20-23)41-4)42-21-22-8-11-24(12-9-22)32(33,34)35/h8-13,20,27,40H,5-7,14-19,21H2,1-4H3. The van der Waals surface area contributed by atoms with Crippen LogP contribution in [0.3, 0.4) is 0 Å². The van der Waals surface area contributed by atoms with Gasteiger partial charge in [0.2, 0.25) is 5.91 Å². The lowest BCUT2D eigenvalue weighted by Gasteiger charge is -2.43. The topological polar surface area (TPSA) is 88.5 Å². The first-order valence-corrected chi connectivity index (χ1v) is 14.7. The lowest BCUT2D eigenvalue weighted by Crippen LogP contribution is -2.55. The quantitative estimate of drug-likeness (QED) is 0.407. The van der Waals surface area contributed by atoms with Crippen LogP contribution in [-0.2, 0) is 22.3 Å². The number of aliphatic hydroxyl groups is 1. The Morgan fingerprint density at radius 2 is 1.51 bits per heavy atom. The van der Waals surface area contributed by atoms with Gasteiger partial charge in [-0.3, -0.25) is 4.79 Å².